The molecule has 1 heterocycles. The summed E-state index contributed by atoms with van der Waals surface area (Å²) in [7, 11) is -45.8. The van der Waals surface area contributed by atoms with E-state index in [4.69, 9.17) is 61.7 Å². The second kappa shape index (κ2) is 39.8. The standard InChI is InChI=1S/C60H150O15Si15/c1-31-76(32-2)61-77(33-3,34-4)63-79(37-7,38-8)65-81(41-11,42-12)67-83(45-15,46-16)69-85(49-19,50-20)71-87(53-23,54-24)73-89(57-27,58-28)75-90(59-29,60-30)74-88(55-25,56-26)72-86(51-21,52-22)70-84(47-17,48-18)68-82(43-13,44-14)66-80(39-9,40-10)64-78(35-5,36-6)62-76/h31-60H2,1-30H3. The predicted octanol–water partition coefficient (Wildman–Crippen LogP) is 22.5. The summed E-state index contributed by atoms with van der Waals surface area (Å²) in [6.45, 7) is 68.8. The van der Waals surface area contributed by atoms with E-state index in [9.17, 15) is 0 Å². The Labute approximate surface area is 574 Å². The van der Waals surface area contributed by atoms with Gasteiger partial charge in [-0.25, -0.2) is 0 Å². The Kier molecular flexibility index (Phi) is 40.0. The molecule has 0 atom stereocenters. The van der Waals surface area contributed by atoms with Gasteiger partial charge in [0.1, 0.15) is 0 Å². The Morgan fingerprint density at radius 1 is 0.0889 bits per heavy atom. The molecule has 0 aromatic heterocycles. The van der Waals surface area contributed by atoms with E-state index in [-0.39, 0.29) is 0 Å². The Morgan fingerprint density at radius 3 is 0.144 bits per heavy atom. The van der Waals surface area contributed by atoms with Crippen molar-refractivity contribution in [3.63, 3.8) is 0 Å². The summed E-state index contributed by atoms with van der Waals surface area (Å²) in [6.07, 6.45) is 0. The van der Waals surface area contributed by atoms with Crippen molar-refractivity contribution in [2.45, 2.75) is 389 Å². The molecule has 90 heavy (non-hydrogen) atoms. The minimum atomic E-state index is -3.05. The minimum Gasteiger partial charge on any atom is -0.415 e. The highest BCUT2D eigenvalue weighted by atomic mass is 28.5. The first-order chi connectivity index (χ1) is 42.4. The van der Waals surface area contributed by atoms with Crippen LogP contribution in [-0.4, -0.2) is 128 Å². The second-order valence-electron chi connectivity index (χ2n) is 25.8. The molecule has 15 nitrogen and oxygen atoms in total. The monoisotopic (exact) mass is 1530 g/mol. The Balaban J connectivity index is 4.96. The van der Waals surface area contributed by atoms with Crippen LogP contribution in [0.15, 0.2) is 0 Å². The van der Waals surface area contributed by atoms with Crippen LogP contribution in [0.1, 0.15) is 208 Å². The Morgan fingerprint density at radius 2 is 0.122 bits per heavy atom. The quantitative estimate of drug-likeness (QED) is 0.0630. The zero-order valence-corrected chi connectivity index (χ0v) is 79.8. The van der Waals surface area contributed by atoms with Crippen LogP contribution in [0.3, 0.4) is 0 Å². The highest BCUT2D eigenvalue weighted by Gasteiger charge is 2.63. The summed E-state index contributed by atoms with van der Waals surface area (Å²) in [5.74, 6) is 0. The van der Waals surface area contributed by atoms with Gasteiger partial charge >= 0.3 is 128 Å². The van der Waals surface area contributed by atoms with Crippen LogP contribution >= 0.6 is 0 Å². The zero-order valence-electron chi connectivity index (χ0n) is 64.8. The van der Waals surface area contributed by atoms with Crippen molar-refractivity contribution in [1.82, 2.24) is 0 Å². The lowest BCUT2D eigenvalue weighted by molar-refractivity contribution is 0.217. The molecule has 0 aromatic carbocycles. The van der Waals surface area contributed by atoms with Gasteiger partial charge in [0.05, 0.1) is 0 Å². The maximum atomic E-state index is 8.07. The van der Waals surface area contributed by atoms with Crippen LogP contribution in [0.25, 0.3) is 0 Å². The summed E-state index contributed by atoms with van der Waals surface area (Å²) in [5, 5.41) is 0. The topological polar surface area (TPSA) is 138 Å². The normalized spacial score (nSPS) is 25.0. The van der Waals surface area contributed by atoms with E-state index >= 15 is 0 Å². The largest absolute Gasteiger partial charge is 0.415 e. The molecule has 0 unspecified atom stereocenters. The first kappa shape index (κ1) is 90.7. The van der Waals surface area contributed by atoms with Crippen molar-refractivity contribution in [2.24, 2.45) is 0 Å². The van der Waals surface area contributed by atoms with Gasteiger partial charge in [-0.15, -0.1) is 0 Å². The van der Waals surface area contributed by atoms with Crippen molar-refractivity contribution in [2.75, 3.05) is 0 Å². The van der Waals surface area contributed by atoms with Crippen molar-refractivity contribution in [3.05, 3.63) is 0 Å². The number of hydrogen-bond donors (Lipinski definition) is 0. The fourth-order valence-electron chi connectivity index (χ4n) is 13.5. The van der Waals surface area contributed by atoms with E-state index < -0.39 is 128 Å². The molecule has 0 N–H and O–H groups in total. The maximum absolute atomic E-state index is 8.07. The fraction of sp³-hybridized carbons (Fsp3) is 1.00. The third-order valence-electron chi connectivity index (χ3n) is 21.7. The SMILES string of the molecule is CC[Si]1(CC)O[Si](CC)(CC)O[Si](CC)(CC)O[Si](CC)(CC)O[Si](CC)(CC)O[Si](CC)(CC)O[Si](CC)(CC)O[Si](CC)(CC)O[Si](CC)(CC)O[Si](CC)(CC)O[Si](CC)(CC)O[Si](CC)(CC)O[Si](CC)(CC)O[Si](CC)(CC)O[Si](CC)(CC)O1. The first-order valence-electron chi connectivity index (χ1n) is 37.9. The third kappa shape index (κ3) is 21.8. The lowest BCUT2D eigenvalue weighted by atomic mass is 10.9. The lowest BCUT2D eigenvalue weighted by Gasteiger charge is -2.52. The van der Waals surface area contributed by atoms with Gasteiger partial charge in [-0.05, 0) is 181 Å². The molecular weight excluding hydrogens is 1380 g/mol. The van der Waals surface area contributed by atoms with Crippen molar-refractivity contribution < 1.29 is 61.7 Å². The van der Waals surface area contributed by atoms with Gasteiger partial charge in [0.2, 0.25) is 0 Å². The highest BCUT2D eigenvalue weighted by molar-refractivity contribution is 6.98. The van der Waals surface area contributed by atoms with Crippen LogP contribution in [-0.2, 0) is 61.7 Å². The van der Waals surface area contributed by atoms with Crippen molar-refractivity contribution >= 4 is 128 Å². The van der Waals surface area contributed by atoms with Crippen LogP contribution in [0.2, 0.25) is 181 Å². The molecule has 30 heteroatoms. The van der Waals surface area contributed by atoms with Gasteiger partial charge in [0.15, 0.2) is 0 Å². The van der Waals surface area contributed by atoms with Gasteiger partial charge in [-0.1, -0.05) is 208 Å². The van der Waals surface area contributed by atoms with Gasteiger partial charge < -0.3 is 61.7 Å². The van der Waals surface area contributed by atoms with E-state index in [1.165, 1.54) is 0 Å². The molecule has 1 saturated heterocycles. The maximum Gasteiger partial charge on any atom is 0.320 e. The average molecular weight is 1530 g/mol. The van der Waals surface area contributed by atoms with E-state index in [1.54, 1.807) is 0 Å². The van der Waals surface area contributed by atoms with E-state index in [0.29, 0.717) is 0 Å². The molecule has 0 spiro atoms. The van der Waals surface area contributed by atoms with Crippen molar-refractivity contribution in [3.8, 4) is 0 Å². The first-order valence-corrected chi connectivity index (χ1v) is 71.4. The molecule has 0 bridgehead atoms. The van der Waals surface area contributed by atoms with Gasteiger partial charge in [-0.2, -0.15) is 0 Å². The number of hydrogen-bond acceptors (Lipinski definition) is 15. The smallest absolute Gasteiger partial charge is 0.320 e. The minimum absolute atomic E-state index is 0.796. The summed E-state index contributed by atoms with van der Waals surface area (Å²) in [5.41, 5.74) is 0. The molecule has 1 rings (SSSR count). The molecule has 1 aliphatic rings. The molecule has 1 aliphatic heterocycles. The number of rotatable bonds is 30. The molecule has 540 valence electrons. The molecule has 0 radical (unpaired) electrons. The van der Waals surface area contributed by atoms with Crippen molar-refractivity contribution in [1.29, 1.82) is 0 Å². The van der Waals surface area contributed by atoms with Crippen LogP contribution in [0.5, 0.6) is 0 Å². The van der Waals surface area contributed by atoms with Crippen LogP contribution < -0.4 is 0 Å². The zero-order chi connectivity index (χ0) is 69.3. The van der Waals surface area contributed by atoms with Gasteiger partial charge in [0.25, 0.3) is 0 Å². The predicted molar refractivity (Wildman–Crippen MR) is 417 cm³/mol. The van der Waals surface area contributed by atoms with E-state index in [1.807, 2.05) is 0 Å². The van der Waals surface area contributed by atoms with E-state index in [0.717, 1.165) is 181 Å². The summed E-state index contributed by atoms with van der Waals surface area (Å²) in [6, 6.07) is 23.9. The lowest BCUT2D eigenvalue weighted by Crippen LogP contribution is -2.69. The fourth-order valence-corrected chi connectivity index (χ4v) is 104. The highest BCUT2D eigenvalue weighted by Crippen LogP contribution is 2.47. The Hall–Kier alpha value is 2.65. The van der Waals surface area contributed by atoms with Crippen LogP contribution in [0, 0.1) is 0 Å². The van der Waals surface area contributed by atoms with Gasteiger partial charge in [0, 0.05) is 0 Å². The summed E-state index contributed by atoms with van der Waals surface area (Å²) < 4.78 is 121. The molecular formula is C60H150O15Si15. The molecule has 0 amide bonds. The molecule has 0 aromatic rings. The molecule has 1 fully saturated rings. The van der Waals surface area contributed by atoms with E-state index in [2.05, 4.69) is 208 Å². The van der Waals surface area contributed by atoms with Crippen LogP contribution in [0.4, 0.5) is 0 Å². The van der Waals surface area contributed by atoms with Gasteiger partial charge in [-0.3, -0.25) is 0 Å². The summed E-state index contributed by atoms with van der Waals surface area (Å²) >= 11 is 0. The summed E-state index contributed by atoms with van der Waals surface area (Å²) in [4.78, 5) is 0. The Bertz CT molecular complexity index is 1350. The molecule has 0 saturated carbocycles. The average Bonchev–Trinajstić information content (AvgIpc) is 0.791. The third-order valence-corrected chi connectivity index (χ3v) is 98.7. The molecule has 0 aliphatic carbocycles. The second-order valence-corrected chi connectivity index (χ2v) is 86.6.